The molecule has 0 unspecified atom stereocenters. The summed E-state index contributed by atoms with van der Waals surface area (Å²) in [6.07, 6.45) is 5.64. The van der Waals surface area contributed by atoms with Crippen LogP contribution in [0, 0.1) is 12.7 Å². The van der Waals surface area contributed by atoms with E-state index in [1.54, 1.807) is 30.5 Å². The number of rotatable bonds is 4. The Bertz CT molecular complexity index is 1250. The minimum Gasteiger partial charge on any atom is -0.744 e. The quantitative estimate of drug-likeness (QED) is 0.348. The van der Waals surface area contributed by atoms with Crippen LogP contribution in [0.1, 0.15) is 12.5 Å². The Morgan fingerprint density at radius 1 is 1.03 bits per heavy atom. The lowest BCUT2D eigenvalue weighted by molar-refractivity contribution is -0.693. The summed E-state index contributed by atoms with van der Waals surface area (Å²) in [6, 6.07) is 15.9. The predicted octanol–water partition coefficient (Wildman–Crippen LogP) is 4.35. The Labute approximate surface area is 180 Å². The fraction of sp³-hybridized carbons (Fsp3) is 0.130. The minimum atomic E-state index is -4.27. The zero-order valence-electron chi connectivity index (χ0n) is 17.0. The van der Waals surface area contributed by atoms with Gasteiger partial charge in [0.2, 0.25) is 5.89 Å². The largest absolute Gasteiger partial charge is 0.744 e. The van der Waals surface area contributed by atoms with Gasteiger partial charge in [-0.25, -0.2) is 22.4 Å². The van der Waals surface area contributed by atoms with Crippen LogP contribution in [-0.2, 0) is 16.7 Å². The molecule has 0 N–H and O–H groups in total. The zero-order chi connectivity index (χ0) is 22.4. The first-order chi connectivity index (χ1) is 14.8. The summed E-state index contributed by atoms with van der Waals surface area (Å²) in [4.78, 5) is 4.11. The van der Waals surface area contributed by atoms with Gasteiger partial charge in [0.25, 0.3) is 0 Å². The Morgan fingerprint density at radius 2 is 1.71 bits per heavy atom. The van der Waals surface area contributed by atoms with Gasteiger partial charge in [0.15, 0.2) is 18.2 Å². The molecule has 0 atom stereocenters. The Hall–Kier alpha value is -3.36. The molecule has 0 bridgehead atoms. The number of halogens is 1. The van der Waals surface area contributed by atoms with Crippen molar-refractivity contribution in [2.45, 2.75) is 25.3 Å². The smallest absolute Gasteiger partial charge is 0.232 e. The number of benzene rings is 2. The lowest BCUT2D eigenvalue weighted by Crippen LogP contribution is -2.30. The Morgan fingerprint density at radius 3 is 2.32 bits per heavy atom. The van der Waals surface area contributed by atoms with Crippen LogP contribution >= 0.6 is 0 Å². The maximum atomic E-state index is 12.9. The fourth-order valence-electron chi connectivity index (χ4n) is 2.71. The molecule has 31 heavy (non-hydrogen) atoms. The van der Waals surface area contributed by atoms with E-state index in [0.29, 0.717) is 11.7 Å². The van der Waals surface area contributed by atoms with E-state index < -0.39 is 10.1 Å². The van der Waals surface area contributed by atoms with Crippen molar-refractivity contribution in [3.8, 4) is 22.8 Å². The number of aromatic nitrogens is 2. The topological polar surface area (TPSA) is 87.1 Å². The van der Waals surface area contributed by atoms with Crippen LogP contribution < -0.4 is 4.57 Å². The molecule has 4 rings (SSSR count). The minimum absolute atomic E-state index is 0.178. The van der Waals surface area contributed by atoms with E-state index in [-0.39, 0.29) is 10.7 Å². The maximum Gasteiger partial charge on any atom is 0.232 e. The van der Waals surface area contributed by atoms with Gasteiger partial charge in [0.05, 0.1) is 11.1 Å². The molecule has 4 aromatic rings. The van der Waals surface area contributed by atoms with Gasteiger partial charge in [0, 0.05) is 11.6 Å². The molecule has 0 aliphatic rings. The highest BCUT2D eigenvalue weighted by Gasteiger charge is 2.11. The Kier molecular flexibility index (Phi) is 6.94. The summed E-state index contributed by atoms with van der Waals surface area (Å²) >= 11 is 0. The molecule has 0 spiro atoms. The van der Waals surface area contributed by atoms with Crippen LogP contribution in [0.15, 0.2) is 88.6 Å². The summed E-state index contributed by atoms with van der Waals surface area (Å²) in [6.45, 7) is 4.78. The molecule has 0 radical (unpaired) electrons. The van der Waals surface area contributed by atoms with E-state index in [9.17, 15) is 17.4 Å². The summed E-state index contributed by atoms with van der Waals surface area (Å²) < 4.78 is 51.9. The number of hydrogen-bond donors (Lipinski definition) is 0. The van der Waals surface area contributed by atoms with Gasteiger partial charge in [-0.3, -0.25) is 0 Å². The van der Waals surface area contributed by atoms with Crippen LogP contribution in [0.25, 0.3) is 22.8 Å². The highest BCUT2D eigenvalue weighted by Crippen LogP contribution is 2.25. The second kappa shape index (κ2) is 9.63. The van der Waals surface area contributed by atoms with Crippen LogP contribution in [0.5, 0.6) is 0 Å². The molecule has 0 saturated heterocycles. The van der Waals surface area contributed by atoms with Gasteiger partial charge in [-0.05, 0) is 56.3 Å². The average Bonchev–Trinajstić information content (AvgIpc) is 3.25. The van der Waals surface area contributed by atoms with E-state index in [4.69, 9.17) is 4.42 Å². The summed E-state index contributed by atoms with van der Waals surface area (Å²) in [5.41, 5.74) is 2.66. The number of aryl methyl sites for hydroxylation is 2. The van der Waals surface area contributed by atoms with Crippen molar-refractivity contribution in [1.82, 2.24) is 4.98 Å². The molecule has 2 aromatic heterocycles. The van der Waals surface area contributed by atoms with Crippen molar-refractivity contribution in [2.75, 3.05) is 0 Å². The number of hydrogen-bond acceptors (Lipinski definition) is 5. The molecule has 8 heteroatoms. The monoisotopic (exact) mass is 440 g/mol. The summed E-state index contributed by atoms with van der Waals surface area (Å²) in [5, 5.41) is 0. The van der Waals surface area contributed by atoms with E-state index in [1.807, 2.05) is 31.5 Å². The molecule has 0 fully saturated rings. The molecule has 2 heterocycles. The lowest BCUT2D eigenvalue weighted by Gasteiger charge is -2.05. The molecule has 6 nitrogen and oxygen atoms in total. The van der Waals surface area contributed by atoms with Crippen LogP contribution in [0.3, 0.4) is 0 Å². The summed E-state index contributed by atoms with van der Waals surface area (Å²) in [5.74, 6) is 0.930. The normalized spacial score (nSPS) is 11.0. The van der Waals surface area contributed by atoms with Crippen molar-refractivity contribution in [1.29, 1.82) is 0 Å². The second-order valence-electron chi connectivity index (χ2n) is 6.73. The van der Waals surface area contributed by atoms with Crippen molar-refractivity contribution in [3.63, 3.8) is 0 Å². The number of nitrogens with zero attached hydrogens (tertiary/aromatic N) is 2. The third-order valence-electron chi connectivity index (χ3n) is 4.41. The van der Waals surface area contributed by atoms with Gasteiger partial charge < -0.3 is 8.97 Å². The van der Waals surface area contributed by atoms with Crippen molar-refractivity contribution < 1.29 is 26.3 Å². The van der Waals surface area contributed by atoms with Gasteiger partial charge in [-0.15, -0.1) is 0 Å². The van der Waals surface area contributed by atoms with E-state index in [1.165, 1.54) is 24.3 Å². The molecule has 0 saturated carbocycles. The van der Waals surface area contributed by atoms with Gasteiger partial charge >= 0.3 is 0 Å². The lowest BCUT2D eigenvalue weighted by atomic mass is 10.2. The standard InChI is InChI=1S/C16H14FN2O.C7H8O3S/c1-2-19-9-3-4-13(11-19)16-18-10-15(20-16)12-5-7-14(17)8-6-12;1-6-2-4-7(5-3-6)11(8,9)10/h3-11H,2H2,1H3;2-5H,1H3,(H,8,9,10)/q+1;/p-1. The highest BCUT2D eigenvalue weighted by atomic mass is 32.2. The van der Waals surface area contributed by atoms with Gasteiger partial charge in [-0.2, -0.15) is 0 Å². The van der Waals surface area contributed by atoms with Crippen LogP contribution in [-0.4, -0.2) is 18.0 Å². The fourth-order valence-corrected chi connectivity index (χ4v) is 3.17. The van der Waals surface area contributed by atoms with Crippen molar-refractivity contribution in [3.05, 3.63) is 90.6 Å². The molecule has 0 aliphatic carbocycles. The van der Waals surface area contributed by atoms with Crippen molar-refractivity contribution in [2.24, 2.45) is 0 Å². The predicted molar refractivity (Wildman–Crippen MR) is 112 cm³/mol. The third kappa shape index (κ3) is 6.07. The SMILES string of the molecule is CC[n+]1cccc(-c2ncc(-c3ccc(F)cc3)o2)c1.Cc1ccc(S(=O)(=O)[O-])cc1. The summed E-state index contributed by atoms with van der Waals surface area (Å²) in [7, 11) is -4.27. The van der Waals surface area contributed by atoms with Crippen LogP contribution in [0.2, 0.25) is 0 Å². The molecule has 0 aliphatic heterocycles. The first-order valence-corrected chi connectivity index (χ1v) is 10.9. The van der Waals surface area contributed by atoms with E-state index >= 15 is 0 Å². The van der Waals surface area contributed by atoms with Gasteiger partial charge in [-0.1, -0.05) is 17.7 Å². The number of oxazole rings is 1. The Balaban J connectivity index is 0.000000210. The molecular weight excluding hydrogens is 419 g/mol. The molecule has 2 aromatic carbocycles. The average molecular weight is 440 g/mol. The first-order valence-electron chi connectivity index (χ1n) is 9.50. The maximum absolute atomic E-state index is 12.9. The molecule has 160 valence electrons. The van der Waals surface area contributed by atoms with E-state index in [0.717, 1.165) is 23.2 Å². The molecule has 0 amide bonds. The van der Waals surface area contributed by atoms with E-state index in [2.05, 4.69) is 16.5 Å². The first kappa shape index (κ1) is 22.3. The number of pyridine rings is 1. The second-order valence-corrected chi connectivity index (χ2v) is 8.11. The van der Waals surface area contributed by atoms with Crippen molar-refractivity contribution >= 4 is 10.1 Å². The van der Waals surface area contributed by atoms with Gasteiger partial charge in [0.1, 0.15) is 28.0 Å². The zero-order valence-corrected chi connectivity index (χ0v) is 17.8. The van der Waals surface area contributed by atoms with Crippen LogP contribution in [0.4, 0.5) is 4.39 Å². The molecular formula is C23H21FN2O4S. The highest BCUT2D eigenvalue weighted by molar-refractivity contribution is 7.85. The third-order valence-corrected chi connectivity index (χ3v) is 5.26.